The summed E-state index contributed by atoms with van der Waals surface area (Å²) in [5, 5.41) is 2.37. The summed E-state index contributed by atoms with van der Waals surface area (Å²) in [5.74, 6) is 1.95. The second-order valence-corrected chi connectivity index (χ2v) is 10.9. The number of fused-ring (bicyclic) bond motifs is 1. The van der Waals surface area contributed by atoms with E-state index in [1.165, 1.54) is 16.3 Å². The number of para-hydroxylation sites is 2. The molecular weight excluding hydrogens is 538 g/mol. The van der Waals surface area contributed by atoms with Crippen molar-refractivity contribution < 1.29 is 0 Å². The first-order valence-corrected chi connectivity index (χ1v) is 14.7. The molecule has 0 aliphatic carbocycles. The molecule has 0 radical (unpaired) electrons. The Bertz CT molecular complexity index is 2020. The minimum absolute atomic E-state index is 0.645. The highest BCUT2D eigenvalue weighted by Crippen LogP contribution is 2.34. The molecule has 0 unspecified atom stereocenters. The van der Waals surface area contributed by atoms with Gasteiger partial charge >= 0.3 is 0 Å². The number of hydrogen-bond acceptors (Lipinski definition) is 5. The van der Waals surface area contributed by atoms with Gasteiger partial charge in [0.2, 0.25) is 0 Å². The van der Waals surface area contributed by atoms with E-state index < -0.39 is 0 Å². The number of hydrogen-bond donors (Lipinski definition) is 1. The standard InChI is InChI=1S/C39H31N5/c1-44(36-19-11-10-18-35(36)40)26-27-20-21-31-25-32(23-22-30(31)24-27)33-16-8-9-17-34(33)39-42-37(28-12-4-2-5-13-28)41-38(43-39)29-14-6-3-7-15-29/h2-25H,26,40H2,1H3. The van der Waals surface area contributed by atoms with Crippen LogP contribution in [-0.4, -0.2) is 22.0 Å². The Kier molecular flexibility index (Phi) is 7.27. The Morgan fingerprint density at radius 2 is 1.05 bits per heavy atom. The van der Waals surface area contributed by atoms with E-state index in [0.29, 0.717) is 17.5 Å². The Hall–Kier alpha value is -5.81. The van der Waals surface area contributed by atoms with Gasteiger partial charge in [0.15, 0.2) is 17.5 Å². The lowest BCUT2D eigenvalue weighted by Crippen LogP contribution is -2.17. The normalized spacial score (nSPS) is 11.0. The zero-order valence-corrected chi connectivity index (χ0v) is 24.4. The van der Waals surface area contributed by atoms with Gasteiger partial charge in [-0.05, 0) is 51.7 Å². The van der Waals surface area contributed by atoms with E-state index in [2.05, 4.69) is 72.6 Å². The molecule has 0 aliphatic heterocycles. The molecular formula is C39H31N5. The molecule has 6 aromatic carbocycles. The van der Waals surface area contributed by atoms with E-state index in [-0.39, 0.29) is 0 Å². The zero-order chi connectivity index (χ0) is 29.9. The number of anilines is 2. The molecule has 212 valence electrons. The maximum Gasteiger partial charge on any atom is 0.164 e. The molecule has 7 rings (SSSR count). The van der Waals surface area contributed by atoms with Crippen LogP contribution >= 0.6 is 0 Å². The average Bonchev–Trinajstić information content (AvgIpc) is 3.09. The average molecular weight is 570 g/mol. The number of nitrogens with two attached hydrogens (primary N) is 1. The summed E-state index contributed by atoms with van der Waals surface area (Å²) in [7, 11) is 2.07. The van der Waals surface area contributed by atoms with Crippen molar-refractivity contribution in [3.8, 4) is 45.3 Å². The number of nitrogen functional groups attached to an aromatic ring is 1. The van der Waals surface area contributed by atoms with E-state index >= 15 is 0 Å². The van der Waals surface area contributed by atoms with Gasteiger partial charge in [-0.25, -0.2) is 15.0 Å². The smallest absolute Gasteiger partial charge is 0.164 e. The highest BCUT2D eigenvalue weighted by Gasteiger charge is 2.16. The molecule has 0 atom stereocenters. The van der Waals surface area contributed by atoms with Crippen LogP contribution < -0.4 is 10.6 Å². The molecule has 2 N–H and O–H groups in total. The second-order valence-electron chi connectivity index (χ2n) is 10.9. The van der Waals surface area contributed by atoms with Crippen LogP contribution in [0, 0.1) is 0 Å². The Morgan fingerprint density at radius 1 is 0.500 bits per heavy atom. The van der Waals surface area contributed by atoms with Crippen LogP contribution in [0.4, 0.5) is 11.4 Å². The van der Waals surface area contributed by atoms with Crippen LogP contribution in [0.2, 0.25) is 0 Å². The fourth-order valence-corrected chi connectivity index (χ4v) is 5.61. The summed E-state index contributed by atoms with van der Waals surface area (Å²) in [6, 6.07) is 49.7. The van der Waals surface area contributed by atoms with Gasteiger partial charge in [0.25, 0.3) is 0 Å². The van der Waals surface area contributed by atoms with E-state index in [1.807, 2.05) is 84.9 Å². The predicted octanol–water partition coefficient (Wildman–Crippen LogP) is 8.91. The summed E-state index contributed by atoms with van der Waals surface area (Å²) in [5.41, 5.74) is 14.3. The van der Waals surface area contributed by atoms with Gasteiger partial charge in [-0.15, -0.1) is 0 Å². The third-order valence-corrected chi connectivity index (χ3v) is 7.85. The van der Waals surface area contributed by atoms with Crippen LogP contribution in [0.15, 0.2) is 146 Å². The number of rotatable bonds is 7. The Labute approximate surface area is 257 Å². The minimum atomic E-state index is 0.645. The minimum Gasteiger partial charge on any atom is -0.397 e. The van der Waals surface area contributed by atoms with Crippen molar-refractivity contribution in [3.05, 3.63) is 151 Å². The highest BCUT2D eigenvalue weighted by molar-refractivity contribution is 5.91. The molecule has 5 nitrogen and oxygen atoms in total. The quantitative estimate of drug-likeness (QED) is 0.194. The van der Waals surface area contributed by atoms with Crippen molar-refractivity contribution in [3.63, 3.8) is 0 Å². The molecule has 0 aliphatic rings. The molecule has 0 saturated heterocycles. The lowest BCUT2D eigenvalue weighted by atomic mass is 9.96. The number of aromatic nitrogens is 3. The first-order valence-electron chi connectivity index (χ1n) is 14.7. The zero-order valence-electron chi connectivity index (χ0n) is 24.4. The molecule has 1 heterocycles. The Balaban J connectivity index is 1.26. The predicted molar refractivity (Wildman–Crippen MR) is 182 cm³/mol. The molecule has 0 spiro atoms. The van der Waals surface area contributed by atoms with Crippen LogP contribution in [0.25, 0.3) is 56.1 Å². The van der Waals surface area contributed by atoms with Crippen LogP contribution in [0.5, 0.6) is 0 Å². The molecule has 7 aromatic rings. The van der Waals surface area contributed by atoms with Crippen molar-refractivity contribution in [1.29, 1.82) is 0 Å². The van der Waals surface area contributed by atoms with Crippen LogP contribution in [0.3, 0.4) is 0 Å². The van der Waals surface area contributed by atoms with Crippen molar-refractivity contribution in [2.45, 2.75) is 6.54 Å². The SMILES string of the molecule is CN(Cc1ccc2cc(-c3ccccc3-c3nc(-c4ccccc4)nc(-c4ccccc4)n3)ccc2c1)c1ccccc1N. The fourth-order valence-electron chi connectivity index (χ4n) is 5.61. The summed E-state index contributed by atoms with van der Waals surface area (Å²) in [4.78, 5) is 17.0. The lowest BCUT2D eigenvalue weighted by Gasteiger charge is -2.21. The van der Waals surface area contributed by atoms with Crippen molar-refractivity contribution >= 4 is 22.1 Å². The van der Waals surface area contributed by atoms with Gasteiger partial charge in [0, 0.05) is 30.3 Å². The third-order valence-electron chi connectivity index (χ3n) is 7.85. The van der Waals surface area contributed by atoms with Gasteiger partial charge in [-0.2, -0.15) is 0 Å². The summed E-state index contributed by atoms with van der Waals surface area (Å²) in [6.45, 7) is 0.765. The maximum atomic E-state index is 6.21. The third kappa shape index (κ3) is 5.51. The fraction of sp³-hybridized carbons (Fsp3) is 0.0513. The van der Waals surface area contributed by atoms with E-state index in [0.717, 1.165) is 45.7 Å². The molecule has 0 bridgehead atoms. The van der Waals surface area contributed by atoms with Crippen LogP contribution in [-0.2, 0) is 6.54 Å². The summed E-state index contributed by atoms with van der Waals surface area (Å²) < 4.78 is 0. The largest absolute Gasteiger partial charge is 0.397 e. The Morgan fingerprint density at radius 3 is 1.73 bits per heavy atom. The number of benzene rings is 6. The van der Waals surface area contributed by atoms with E-state index in [9.17, 15) is 0 Å². The first-order chi connectivity index (χ1) is 21.6. The van der Waals surface area contributed by atoms with Crippen molar-refractivity contribution in [2.75, 3.05) is 17.7 Å². The van der Waals surface area contributed by atoms with Gasteiger partial charge < -0.3 is 10.6 Å². The highest BCUT2D eigenvalue weighted by atomic mass is 15.1. The molecule has 0 saturated carbocycles. The molecule has 0 amide bonds. The van der Waals surface area contributed by atoms with Gasteiger partial charge in [0.05, 0.1) is 11.4 Å². The summed E-state index contributed by atoms with van der Waals surface area (Å²) in [6.07, 6.45) is 0. The summed E-state index contributed by atoms with van der Waals surface area (Å²) >= 11 is 0. The van der Waals surface area contributed by atoms with Gasteiger partial charge in [-0.3, -0.25) is 0 Å². The molecule has 0 fully saturated rings. The molecule has 44 heavy (non-hydrogen) atoms. The van der Waals surface area contributed by atoms with Gasteiger partial charge in [-0.1, -0.05) is 121 Å². The van der Waals surface area contributed by atoms with E-state index in [4.69, 9.17) is 20.7 Å². The number of nitrogens with zero attached hydrogens (tertiary/aromatic N) is 4. The second kappa shape index (κ2) is 11.8. The molecule has 1 aromatic heterocycles. The van der Waals surface area contributed by atoms with E-state index in [1.54, 1.807) is 0 Å². The van der Waals surface area contributed by atoms with Crippen molar-refractivity contribution in [2.24, 2.45) is 0 Å². The van der Waals surface area contributed by atoms with Gasteiger partial charge in [0.1, 0.15) is 0 Å². The first kappa shape index (κ1) is 27.0. The topological polar surface area (TPSA) is 67.9 Å². The van der Waals surface area contributed by atoms with Crippen LogP contribution in [0.1, 0.15) is 5.56 Å². The monoisotopic (exact) mass is 569 g/mol. The lowest BCUT2D eigenvalue weighted by molar-refractivity contribution is 0.926. The van der Waals surface area contributed by atoms with Crippen molar-refractivity contribution in [1.82, 2.24) is 15.0 Å². The molecule has 5 heteroatoms. The maximum absolute atomic E-state index is 6.21.